The molecule has 2 aromatic carbocycles. The zero-order chi connectivity index (χ0) is 21.6. The van der Waals surface area contributed by atoms with Gasteiger partial charge in [0.15, 0.2) is 0 Å². The van der Waals surface area contributed by atoms with Crippen molar-refractivity contribution >= 4 is 16.8 Å². The smallest absolute Gasteiger partial charge is 0.220 e. The van der Waals surface area contributed by atoms with E-state index in [0.29, 0.717) is 19.4 Å². The molecule has 0 unspecified atom stereocenters. The summed E-state index contributed by atoms with van der Waals surface area (Å²) >= 11 is 0. The van der Waals surface area contributed by atoms with Crippen LogP contribution in [0.3, 0.4) is 0 Å². The van der Waals surface area contributed by atoms with E-state index in [1.807, 2.05) is 60.8 Å². The van der Waals surface area contributed by atoms with Gasteiger partial charge in [-0.05, 0) is 60.5 Å². The highest BCUT2D eigenvalue weighted by molar-refractivity contribution is 5.84. The quantitative estimate of drug-likeness (QED) is 0.412. The topological polar surface area (TPSA) is 76.5 Å². The number of benzene rings is 2. The number of rotatable bonds is 9. The van der Waals surface area contributed by atoms with Crippen molar-refractivity contribution in [1.82, 2.24) is 10.3 Å². The second-order valence-electron chi connectivity index (χ2n) is 7.32. The van der Waals surface area contributed by atoms with Gasteiger partial charge in [0.2, 0.25) is 5.91 Å². The van der Waals surface area contributed by atoms with Crippen LogP contribution in [0, 0.1) is 0 Å². The number of methoxy groups -OCH3 is 2. The molecule has 0 aliphatic carbocycles. The molecule has 2 N–H and O–H groups in total. The van der Waals surface area contributed by atoms with Gasteiger partial charge < -0.3 is 24.2 Å². The highest BCUT2D eigenvalue weighted by Gasteiger charge is 2.09. The first kappa shape index (κ1) is 20.6. The highest BCUT2D eigenvalue weighted by Crippen LogP contribution is 2.25. The van der Waals surface area contributed by atoms with Crippen molar-refractivity contribution < 1.29 is 18.7 Å². The molecule has 6 nitrogen and oxygen atoms in total. The van der Waals surface area contributed by atoms with Crippen molar-refractivity contribution in [3.63, 3.8) is 0 Å². The van der Waals surface area contributed by atoms with Gasteiger partial charge in [-0.1, -0.05) is 0 Å². The van der Waals surface area contributed by atoms with E-state index in [9.17, 15) is 4.79 Å². The minimum atomic E-state index is 0.0175. The Morgan fingerprint density at radius 2 is 1.74 bits per heavy atom. The minimum Gasteiger partial charge on any atom is -0.497 e. The first-order valence-electron chi connectivity index (χ1n) is 10.3. The lowest BCUT2D eigenvalue weighted by Gasteiger charge is -2.05. The Morgan fingerprint density at radius 3 is 2.52 bits per heavy atom. The molecular weight excluding hydrogens is 392 g/mol. The van der Waals surface area contributed by atoms with Gasteiger partial charge in [0.05, 0.1) is 14.2 Å². The number of carbonyl (C=O) groups excluding carboxylic acids is 1. The first-order valence-corrected chi connectivity index (χ1v) is 10.3. The number of amides is 1. The lowest BCUT2D eigenvalue weighted by molar-refractivity contribution is -0.121. The van der Waals surface area contributed by atoms with Crippen molar-refractivity contribution in [1.29, 1.82) is 0 Å². The monoisotopic (exact) mass is 418 g/mol. The van der Waals surface area contributed by atoms with Crippen LogP contribution in [0.5, 0.6) is 11.5 Å². The maximum absolute atomic E-state index is 12.2. The number of ether oxygens (including phenoxy) is 2. The van der Waals surface area contributed by atoms with Crippen LogP contribution in [0.15, 0.2) is 65.2 Å². The number of carbonyl (C=O) groups is 1. The number of fused-ring (bicyclic) bond motifs is 1. The summed E-state index contributed by atoms with van der Waals surface area (Å²) in [6.45, 7) is 0.590. The van der Waals surface area contributed by atoms with Crippen molar-refractivity contribution in [3.8, 4) is 22.8 Å². The third-order valence-corrected chi connectivity index (χ3v) is 5.33. The summed E-state index contributed by atoms with van der Waals surface area (Å²) in [5, 5.41) is 4.15. The van der Waals surface area contributed by atoms with Crippen LogP contribution in [0.2, 0.25) is 0 Å². The molecule has 1 amide bonds. The summed E-state index contributed by atoms with van der Waals surface area (Å²) in [5.41, 5.74) is 3.19. The summed E-state index contributed by atoms with van der Waals surface area (Å²) in [6.07, 6.45) is 3.70. The Kier molecular flexibility index (Phi) is 6.26. The molecular formula is C25H26N2O4. The Hall–Kier alpha value is -3.67. The van der Waals surface area contributed by atoms with Gasteiger partial charge in [0, 0.05) is 48.1 Å². The number of aromatic amines is 1. The van der Waals surface area contributed by atoms with Gasteiger partial charge in [0.1, 0.15) is 23.0 Å². The van der Waals surface area contributed by atoms with Gasteiger partial charge in [-0.3, -0.25) is 4.79 Å². The fraction of sp³-hybridized carbons (Fsp3) is 0.240. The number of nitrogens with one attached hydrogen (secondary N) is 2. The second kappa shape index (κ2) is 9.43. The van der Waals surface area contributed by atoms with Crippen LogP contribution in [0.1, 0.15) is 17.7 Å². The van der Waals surface area contributed by atoms with E-state index < -0.39 is 0 Å². The molecule has 0 fully saturated rings. The lowest BCUT2D eigenvalue weighted by Crippen LogP contribution is -2.25. The Morgan fingerprint density at radius 1 is 0.968 bits per heavy atom. The Bertz CT molecular complexity index is 1160. The van der Waals surface area contributed by atoms with Crippen molar-refractivity contribution in [2.45, 2.75) is 19.3 Å². The number of hydrogen-bond donors (Lipinski definition) is 2. The highest BCUT2D eigenvalue weighted by atomic mass is 16.5. The zero-order valence-corrected chi connectivity index (χ0v) is 17.7. The minimum absolute atomic E-state index is 0.0175. The maximum atomic E-state index is 12.2. The summed E-state index contributed by atoms with van der Waals surface area (Å²) < 4.78 is 16.3. The molecule has 31 heavy (non-hydrogen) atoms. The normalized spacial score (nSPS) is 10.9. The van der Waals surface area contributed by atoms with Crippen molar-refractivity contribution in [2.24, 2.45) is 0 Å². The zero-order valence-electron chi connectivity index (χ0n) is 17.7. The van der Waals surface area contributed by atoms with Crippen LogP contribution in [0.25, 0.3) is 22.2 Å². The van der Waals surface area contributed by atoms with Crippen molar-refractivity contribution in [3.05, 3.63) is 72.1 Å². The van der Waals surface area contributed by atoms with Gasteiger partial charge in [-0.15, -0.1) is 0 Å². The van der Waals surface area contributed by atoms with E-state index >= 15 is 0 Å². The number of aromatic nitrogens is 1. The molecule has 0 spiro atoms. The third kappa shape index (κ3) is 4.91. The van der Waals surface area contributed by atoms with E-state index in [-0.39, 0.29) is 5.91 Å². The summed E-state index contributed by atoms with van der Waals surface area (Å²) in [5.74, 6) is 3.23. The molecule has 0 bridgehead atoms. The first-order chi connectivity index (χ1) is 15.2. The lowest BCUT2D eigenvalue weighted by atomic mass is 10.1. The fourth-order valence-electron chi connectivity index (χ4n) is 3.58. The molecule has 0 atom stereocenters. The number of H-pyrrole nitrogens is 1. The summed E-state index contributed by atoms with van der Waals surface area (Å²) in [6, 6.07) is 17.5. The number of aryl methyl sites for hydroxylation is 1. The van der Waals surface area contributed by atoms with Gasteiger partial charge >= 0.3 is 0 Å². The van der Waals surface area contributed by atoms with Crippen LogP contribution >= 0.6 is 0 Å². The molecule has 0 aliphatic heterocycles. The summed E-state index contributed by atoms with van der Waals surface area (Å²) in [7, 11) is 3.30. The van der Waals surface area contributed by atoms with Crippen LogP contribution in [-0.2, 0) is 17.6 Å². The predicted molar refractivity (Wildman–Crippen MR) is 121 cm³/mol. The Labute approximate surface area is 181 Å². The number of hydrogen-bond acceptors (Lipinski definition) is 4. The maximum Gasteiger partial charge on any atom is 0.220 e. The molecule has 0 aliphatic rings. The van der Waals surface area contributed by atoms with Crippen LogP contribution in [-0.4, -0.2) is 31.7 Å². The predicted octanol–water partition coefficient (Wildman–Crippen LogP) is 4.74. The van der Waals surface area contributed by atoms with Crippen LogP contribution < -0.4 is 14.8 Å². The fourth-order valence-corrected chi connectivity index (χ4v) is 3.58. The molecule has 2 heterocycles. The van der Waals surface area contributed by atoms with E-state index in [4.69, 9.17) is 13.9 Å². The molecule has 0 saturated heterocycles. The standard InChI is InChI=1S/C25H26N2O4/c1-29-19-5-3-17(4-6-19)24-11-8-20(31-24)9-12-25(28)26-14-13-18-16-27-23-15-21(30-2)7-10-22(18)23/h3-8,10-11,15-16,27H,9,12-14H2,1-2H3,(H,26,28). The second-order valence-corrected chi connectivity index (χ2v) is 7.32. The summed E-state index contributed by atoms with van der Waals surface area (Å²) in [4.78, 5) is 15.5. The van der Waals surface area contributed by atoms with Crippen LogP contribution in [0.4, 0.5) is 0 Å². The van der Waals surface area contributed by atoms with E-state index in [0.717, 1.165) is 45.9 Å². The largest absolute Gasteiger partial charge is 0.497 e. The average molecular weight is 418 g/mol. The molecule has 6 heteroatoms. The molecule has 0 saturated carbocycles. The molecule has 4 rings (SSSR count). The van der Waals surface area contributed by atoms with E-state index in [1.54, 1.807) is 14.2 Å². The molecule has 2 aromatic heterocycles. The SMILES string of the molecule is COc1ccc(-c2ccc(CCC(=O)NCCc3c[nH]c4cc(OC)ccc34)o2)cc1. The van der Waals surface area contributed by atoms with Gasteiger partial charge in [0.25, 0.3) is 0 Å². The van der Waals surface area contributed by atoms with E-state index in [1.165, 1.54) is 5.56 Å². The van der Waals surface area contributed by atoms with Crippen molar-refractivity contribution in [2.75, 3.05) is 20.8 Å². The number of furan rings is 1. The van der Waals surface area contributed by atoms with Gasteiger partial charge in [-0.2, -0.15) is 0 Å². The molecule has 0 radical (unpaired) electrons. The van der Waals surface area contributed by atoms with Gasteiger partial charge in [-0.25, -0.2) is 0 Å². The Balaban J connectivity index is 1.25. The molecule has 4 aromatic rings. The van der Waals surface area contributed by atoms with E-state index in [2.05, 4.69) is 10.3 Å². The molecule has 160 valence electrons. The third-order valence-electron chi connectivity index (χ3n) is 5.33. The average Bonchev–Trinajstić information content (AvgIpc) is 3.44.